The van der Waals surface area contributed by atoms with Gasteiger partial charge in [-0.1, -0.05) is 24.3 Å². The molecule has 10 heteroatoms. The van der Waals surface area contributed by atoms with Gasteiger partial charge in [0.25, 0.3) is 0 Å². The van der Waals surface area contributed by atoms with Gasteiger partial charge < -0.3 is 26.0 Å². The first-order chi connectivity index (χ1) is 15.0. The number of nitrogens with two attached hydrogens (primary N) is 1. The van der Waals surface area contributed by atoms with Crippen molar-refractivity contribution in [3.63, 3.8) is 0 Å². The van der Waals surface area contributed by atoms with E-state index in [1.807, 2.05) is 30.0 Å². The van der Waals surface area contributed by atoms with Crippen LogP contribution < -0.4 is 26.0 Å². The Balaban J connectivity index is 0.00000363. The molecule has 0 saturated carbocycles. The molecule has 3 rings (SSSR count). The molecule has 2 aromatic rings. The normalized spacial score (nSPS) is 15.9. The highest BCUT2D eigenvalue weighted by Crippen LogP contribution is 2.31. The molecule has 1 saturated heterocycles. The number of aliphatic imine (C=N–C) groups is 1. The Morgan fingerprint density at radius 3 is 2.62 bits per heavy atom. The van der Waals surface area contributed by atoms with Crippen LogP contribution in [-0.2, 0) is 6.54 Å². The number of hydrogen-bond acceptors (Lipinski definition) is 4. The first-order valence-electron chi connectivity index (χ1n) is 10.2. The van der Waals surface area contributed by atoms with Gasteiger partial charge in [0.05, 0.1) is 12.2 Å². The smallest absolute Gasteiger partial charge is 0.387 e. The predicted octanol–water partition coefficient (Wildman–Crippen LogP) is 3.34. The van der Waals surface area contributed by atoms with Crippen LogP contribution in [0.25, 0.3) is 0 Å². The van der Waals surface area contributed by atoms with Crippen molar-refractivity contribution in [2.45, 2.75) is 32.5 Å². The van der Waals surface area contributed by atoms with E-state index in [1.54, 1.807) is 30.3 Å². The molecule has 1 aliphatic rings. The van der Waals surface area contributed by atoms with Crippen molar-refractivity contribution in [1.29, 1.82) is 0 Å². The Bertz CT molecular complexity index is 911. The highest BCUT2D eigenvalue weighted by molar-refractivity contribution is 14.0. The van der Waals surface area contributed by atoms with Gasteiger partial charge in [-0.2, -0.15) is 8.78 Å². The van der Waals surface area contributed by atoms with Crippen LogP contribution in [-0.4, -0.2) is 44.2 Å². The van der Waals surface area contributed by atoms with Gasteiger partial charge >= 0.3 is 6.61 Å². The van der Waals surface area contributed by atoms with E-state index in [0.29, 0.717) is 36.8 Å². The second-order valence-electron chi connectivity index (χ2n) is 7.18. The summed E-state index contributed by atoms with van der Waals surface area (Å²) in [6, 6.07) is 13.9. The van der Waals surface area contributed by atoms with Crippen LogP contribution in [0.1, 0.15) is 29.3 Å². The highest BCUT2D eigenvalue weighted by atomic mass is 127. The van der Waals surface area contributed by atoms with E-state index >= 15 is 0 Å². The van der Waals surface area contributed by atoms with Crippen molar-refractivity contribution in [3.05, 3.63) is 59.7 Å². The van der Waals surface area contributed by atoms with Crippen LogP contribution in [0.4, 0.5) is 14.5 Å². The number of carbonyl (C=O) groups is 1. The van der Waals surface area contributed by atoms with Crippen LogP contribution in [0.15, 0.2) is 53.5 Å². The van der Waals surface area contributed by atoms with Crippen molar-refractivity contribution < 1.29 is 18.3 Å². The number of nitrogens with zero attached hydrogens (tertiary/aromatic N) is 2. The Kier molecular flexibility index (Phi) is 9.95. The molecule has 0 aromatic heterocycles. The number of hydrogen-bond donors (Lipinski definition) is 3. The first kappa shape index (κ1) is 25.6. The Hall–Kier alpha value is -2.63. The summed E-state index contributed by atoms with van der Waals surface area (Å²) in [5.41, 5.74) is 7.33. The summed E-state index contributed by atoms with van der Waals surface area (Å²) >= 11 is 0. The highest BCUT2D eigenvalue weighted by Gasteiger charge is 2.26. The largest absolute Gasteiger partial charge is 0.433 e. The molecule has 0 aliphatic carbocycles. The van der Waals surface area contributed by atoms with Crippen molar-refractivity contribution in [1.82, 2.24) is 10.6 Å². The maximum atomic E-state index is 12.7. The second-order valence-corrected chi connectivity index (χ2v) is 7.18. The molecule has 2 aromatic carbocycles. The molecular weight excluding hydrogens is 531 g/mol. The maximum absolute atomic E-state index is 12.7. The van der Waals surface area contributed by atoms with E-state index < -0.39 is 12.5 Å². The fraction of sp³-hybridized carbons (Fsp3) is 0.364. The zero-order valence-electron chi connectivity index (χ0n) is 17.8. The average molecular weight is 559 g/mol. The number of halogens is 3. The van der Waals surface area contributed by atoms with Crippen molar-refractivity contribution in [3.8, 4) is 5.75 Å². The maximum Gasteiger partial charge on any atom is 0.387 e. The molecular formula is C22H28F2IN5O2. The van der Waals surface area contributed by atoms with Gasteiger partial charge in [-0.25, -0.2) is 4.99 Å². The number of rotatable bonds is 8. The van der Waals surface area contributed by atoms with Gasteiger partial charge in [0.1, 0.15) is 5.75 Å². The monoisotopic (exact) mass is 559 g/mol. The van der Waals surface area contributed by atoms with E-state index in [2.05, 4.69) is 20.4 Å². The van der Waals surface area contributed by atoms with Crippen molar-refractivity contribution in [2.24, 2.45) is 10.7 Å². The van der Waals surface area contributed by atoms with Gasteiger partial charge in [0.15, 0.2) is 5.96 Å². The van der Waals surface area contributed by atoms with Gasteiger partial charge in [0.2, 0.25) is 5.91 Å². The fourth-order valence-electron chi connectivity index (χ4n) is 3.47. The average Bonchev–Trinajstić information content (AvgIpc) is 3.21. The number of primary amides is 1. The van der Waals surface area contributed by atoms with E-state index in [1.165, 1.54) is 0 Å². The minimum Gasteiger partial charge on any atom is -0.433 e. The summed E-state index contributed by atoms with van der Waals surface area (Å²) in [5, 5.41) is 6.63. The minimum atomic E-state index is -2.86. The second kappa shape index (κ2) is 12.4. The number of para-hydroxylation sites is 2. The molecule has 0 bridgehead atoms. The zero-order chi connectivity index (χ0) is 22.2. The lowest BCUT2D eigenvalue weighted by molar-refractivity contribution is -0.0495. The summed E-state index contributed by atoms with van der Waals surface area (Å²) in [4.78, 5) is 17.8. The number of carbonyl (C=O) groups excluding carboxylic acids is 1. The Morgan fingerprint density at radius 2 is 1.97 bits per heavy atom. The van der Waals surface area contributed by atoms with E-state index in [9.17, 15) is 13.6 Å². The van der Waals surface area contributed by atoms with Gasteiger partial charge in [-0.15, -0.1) is 24.0 Å². The summed E-state index contributed by atoms with van der Waals surface area (Å²) in [5.74, 6) is 0.389. The van der Waals surface area contributed by atoms with E-state index in [0.717, 1.165) is 18.5 Å². The van der Waals surface area contributed by atoms with Crippen LogP contribution in [0.5, 0.6) is 5.75 Å². The first-order valence-corrected chi connectivity index (χ1v) is 10.2. The minimum absolute atomic E-state index is 0. The number of guanidine groups is 1. The molecule has 1 fully saturated rings. The lowest BCUT2D eigenvalue weighted by Crippen LogP contribution is -2.44. The van der Waals surface area contributed by atoms with Crippen LogP contribution in [0.2, 0.25) is 0 Å². The molecule has 1 unspecified atom stereocenters. The third-order valence-corrected chi connectivity index (χ3v) is 4.95. The van der Waals surface area contributed by atoms with Gasteiger partial charge in [-0.05, 0) is 43.2 Å². The third-order valence-electron chi connectivity index (χ3n) is 4.95. The summed E-state index contributed by atoms with van der Waals surface area (Å²) < 4.78 is 30.1. The Morgan fingerprint density at radius 1 is 1.25 bits per heavy atom. The third kappa shape index (κ3) is 7.21. The molecule has 1 amide bonds. The standard InChI is InChI=1S/C22H27F2N5O2.HI/c1-2-26-22(27-13-15-7-9-16(10-8-15)20(25)30)28-17-11-12-29(14-17)18-5-3-4-6-19(18)31-21(23)24;/h3-10,17,21H,2,11-14H2,1H3,(H2,25,30)(H2,26,27,28);1H. The molecule has 1 aliphatic heterocycles. The lowest BCUT2D eigenvalue weighted by Gasteiger charge is -2.22. The molecule has 7 nitrogen and oxygen atoms in total. The lowest BCUT2D eigenvalue weighted by atomic mass is 10.1. The van der Waals surface area contributed by atoms with Crippen LogP contribution >= 0.6 is 24.0 Å². The zero-order valence-corrected chi connectivity index (χ0v) is 20.1. The molecule has 1 atom stereocenters. The molecule has 32 heavy (non-hydrogen) atoms. The number of nitrogens with one attached hydrogen (secondary N) is 2. The summed E-state index contributed by atoms with van der Waals surface area (Å²) in [7, 11) is 0. The number of alkyl halides is 2. The molecule has 1 heterocycles. The molecule has 0 spiro atoms. The topological polar surface area (TPSA) is 92.0 Å². The van der Waals surface area contributed by atoms with Crippen molar-refractivity contribution >= 4 is 41.5 Å². The summed E-state index contributed by atoms with van der Waals surface area (Å²) in [6.07, 6.45) is 0.834. The quantitative estimate of drug-likeness (QED) is 0.262. The van der Waals surface area contributed by atoms with Gasteiger partial charge in [0, 0.05) is 31.2 Å². The van der Waals surface area contributed by atoms with E-state index in [-0.39, 0.29) is 35.8 Å². The Labute approximate surface area is 203 Å². The molecule has 4 N–H and O–H groups in total. The van der Waals surface area contributed by atoms with Crippen LogP contribution in [0.3, 0.4) is 0 Å². The fourth-order valence-corrected chi connectivity index (χ4v) is 3.47. The number of ether oxygens (including phenoxy) is 1. The number of benzene rings is 2. The van der Waals surface area contributed by atoms with Crippen LogP contribution in [0, 0.1) is 0 Å². The summed E-state index contributed by atoms with van der Waals surface area (Å²) in [6.45, 7) is 1.63. The number of anilines is 1. The van der Waals surface area contributed by atoms with Gasteiger partial charge in [-0.3, -0.25) is 4.79 Å². The molecule has 0 radical (unpaired) electrons. The number of amides is 1. The van der Waals surface area contributed by atoms with E-state index in [4.69, 9.17) is 5.73 Å². The van der Waals surface area contributed by atoms with Crippen molar-refractivity contribution in [2.75, 3.05) is 24.5 Å². The molecule has 174 valence electrons. The predicted molar refractivity (Wildman–Crippen MR) is 132 cm³/mol. The SMILES string of the molecule is CCNC(=NCc1ccc(C(N)=O)cc1)NC1CCN(c2ccccc2OC(F)F)C1.I.